The molecule has 4 heteroatoms. The Labute approximate surface area is 97.6 Å². The van der Waals surface area contributed by atoms with Crippen LogP contribution in [0.5, 0.6) is 0 Å². The Kier molecular flexibility index (Phi) is 6.08. The number of carboxylic acid groups (broad SMARTS) is 1. The first-order valence-electron chi connectivity index (χ1n) is 5.97. The van der Waals surface area contributed by atoms with Crippen LogP contribution in [-0.2, 0) is 9.59 Å². The summed E-state index contributed by atoms with van der Waals surface area (Å²) in [5.74, 6) is -1.04. The van der Waals surface area contributed by atoms with Gasteiger partial charge in [0.05, 0.1) is 0 Å². The van der Waals surface area contributed by atoms with Gasteiger partial charge in [-0.25, -0.2) is 4.79 Å². The van der Waals surface area contributed by atoms with Gasteiger partial charge in [0.15, 0.2) is 0 Å². The third-order valence-corrected chi connectivity index (χ3v) is 2.94. The number of hydrogen-bond acceptors (Lipinski definition) is 2. The summed E-state index contributed by atoms with van der Waals surface area (Å²) >= 11 is 0. The summed E-state index contributed by atoms with van der Waals surface area (Å²) in [5, 5.41) is 9.44. The summed E-state index contributed by atoms with van der Waals surface area (Å²) in [6.07, 6.45) is 2.55. The lowest BCUT2D eigenvalue weighted by atomic mass is 9.86. The SMILES string of the molecule is CCCC(CCC)(C(=O)O)N(CC)C(C)=O. The van der Waals surface area contributed by atoms with Crippen LogP contribution in [0.2, 0.25) is 0 Å². The van der Waals surface area contributed by atoms with Crippen LogP contribution in [-0.4, -0.2) is 34.0 Å². The lowest BCUT2D eigenvalue weighted by Gasteiger charge is -2.39. The molecular weight excluding hydrogens is 206 g/mol. The Morgan fingerprint density at radius 3 is 1.75 bits per heavy atom. The first kappa shape index (κ1) is 14.9. The maximum Gasteiger partial charge on any atom is 0.329 e. The van der Waals surface area contributed by atoms with Crippen molar-refractivity contribution in [1.82, 2.24) is 4.90 Å². The monoisotopic (exact) mass is 229 g/mol. The fraction of sp³-hybridized carbons (Fsp3) is 0.833. The van der Waals surface area contributed by atoms with Crippen molar-refractivity contribution >= 4 is 11.9 Å². The van der Waals surface area contributed by atoms with E-state index in [9.17, 15) is 14.7 Å². The van der Waals surface area contributed by atoms with Crippen molar-refractivity contribution in [2.75, 3.05) is 6.54 Å². The highest BCUT2D eigenvalue weighted by molar-refractivity contribution is 5.86. The van der Waals surface area contributed by atoms with Crippen LogP contribution in [0.15, 0.2) is 0 Å². The highest BCUT2D eigenvalue weighted by atomic mass is 16.4. The molecule has 0 saturated carbocycles. The Balaban J connectivity index is 5.27. The van der Waals surface area contributed by atoms with Crippen LogP contribution < -0.4 is 0 Å². The van der Waals surface area contributed by atoms with E-state index in [1.165, 1.54) is 11.8 Å². The molecule has 0 aromatic rings. The molecule has 0 aromatic carbocycles. The van der Waals surface area contributed by atoms with Crippen molar-refractivity contribution in [3.8, 4) is 0 Å². The van der Waals surface area contributed by atoms with Gasteiger partial charge in [-0.1, -0.05) is 26.7 Å². The number of rotatable bonds is 7. The quantitative estimate of drug-likeness (QED) is 0.728. The van der Waals surface area contributed by atoms with Gasteiger partial charge in [-0.05, 0) is 19.8 Å². The predicted molar refractivity (Wildman–Crippen MR) is 63.2 cm³/mol. The number of carbonyl (C=O) groups is 2. The summed E-state index contributed by atoms with van der Waals surface area (Å²) in [5.41, 5.74) is -1.01. The fourth-order valence-corrected chi connectivity index (χ4v) is 2.38. The molecule has 0 rings (SSSR count). The minimum Gasteiger partial charge on any atom is -0.479 e. The summed E-state index contributed by atoms with van der Waals surface area (Å²) < 4.78 is 0. The molecule has 4 nitrogen and oxygen atoms in total. The highest BCUT2D eigenvalue weighted by Crippen LogP contribution is 2.28. The van der Waals surface area contributed by atoms with Crippen molar-refractivity contribution in [3.63, 3.8) is 0 Å². The Bertz CT molecular complexity index is 245. The maximum absolute atomic E-state index is 11.5. The van der Waals surface area contributed by atoms with E-state index >= 15 is 0 Å². The van der Waals surface area contributed by atoms with Crippen molar-refractivity contribution in [1.29, 1.82) is 0 Å². The first-order valence-corrected chi connectivity index (χ1v) is 5.97. The number of aliphatic carboxylic acids is 1. The molecule has 0 bridgehead atoms. The van der Waals surface area contributed by atoms with Gasteiger partial charge in [-0.15, -0.1) is 0 Å². The molecule has 0 aromatic heterocycles. The third-order valence-electron chi connectivity index (χ3n) is 2.94. The largest absolute Gasteiger partial charge is 0.479 e. The molecule has 0 fully saturated rings. The van der Waals surface area contributed by atoms with E-state index in [0.717, 1.165) is 12.8 Å². The molecule has 0 aliphatic rings. The molecule has 0 saturated heterocycles. The Morgan fingerprint density at radius 1 is 1.12 bits per heavy atom. The number of carboxylic acids is 1. The summed E-state index contributed by atoms with van der Waals surface area (Å²) in [6.45, 7) is 7.60. The van der Waals surface area contributed by atoms with Gasteiger partial charge in [-0.3, -0.25) is 4.79 Å². The molecule has 0 atom stereocenters. The van der Waals surface area contributed by atoms with Crippen molar-refractivity contribution in [3.05, 3.63) is 0 Å². The Hall–Kier alpha value is -1.06. The first-order chi connectivity index (χ1) is 7.46. The smallest absolute Gasteiger partial charge is 0.329 e. The van der Waals surface area contributed by atoms with Gasteiger partial charge in [0.1, 0.15) is 5.54 Å². The van der Waals surface area contributed by atoms with Crippen LogP contribution in [0.3, 0.4) is 0 Å². The second-order valence-corrected chi connectivity index (χ2v) is 4.10. The summed E-state index contributed by atoms with van der Waals surface area (Å²) in [7, 11) is 0. The van der Waals surface area contributed by atoms with Crippen molar-refractivity contribution in [2.24, 2.45) is 0 Å². The zero-order valence-electron chi connectivity index (χ0n) is 10.7. The fourth-order valence-electron chi connectivity index (χ4n) is 2.38. The number of amides is 1. The minimum absolute atomic E-state index is 0.160. The molecular formula is C12H23NO3. The molecule has 0 aliphatic heterocycles. The predicted octanol–water partition coefficient (Wildman–Crippen LogP) is 2.28. The average Bonchev–Trinajstić information content (AvgIpc) is 2.18. The molecule has 94 valence electrons. The maximum atomic E-state index is 11.5. The summed E-state index contributed by atoms with van der Waals surface area (Å²) in [6, 6.07) is 0. The minimum atomic E-state index is -1.01. The molecule has 16 heavy (non-hydrogen) atoms. The molecule has 0 spiro atoms. The van der Waals surface area contributed by atoms with E-state index in [-0.39, 0.29) is 5.91 Å². The third kappa shape index (κ3) is 2.97. The van der Waals surface area contributed by atoms with Crippen LogP contribution >= 0.6 is 0 Å². The average molecular weight is 229 g/mol. The van der Waals surface area contributed by atoms with E-state index in [1.54, 1.807) is 0 Å². The second kappa shape index (κ2) is 6.51. The number of likely N-dealkylation sites (N-methyl/N-ethyl adjacent to an activating group) is 1. The normalized spacial score (nSPS) is 11.2. The lowest BCUT2D eigenvalue weighted by Crippen LogP contribution is -2.56. The zero-order valence-corrected chi connectivity index (χ0v) is 10.7. The highest BCUT2D eigenvalue weighted by Gasteiger charge is 2.43. The summed E-state index contributed by atoms with van der Waals surface area (Å²) in [4.78, 5) is 24.5. The van der Waals surface area contributed by atoms with E-state index in [4.69, 9.17) is 0 Å². The number of hydrogen-bond donors (Lipinski definition) is 1. The van der Waals surface area contributed by atoms with Gasteiger partial charge in [0.25, 0.3) is 0 Å². The van der Waals surface area contributed by atoms with Crippen LogP contribution in [0.25, 0.3) is 0 Å². The Morgan fingerprint density at radius 2 is 1.56 bits per heavy atom. The number of nitrogens with zero attached hydrogens (tertiary/aromatic N) is 1. The molecule has 0 unspecified atom stereocenters. The molecule has 0 heterocycles. The number of carbonyl (C=O) groups excluding carboxylic acids is 1. The van der Waals surface area contributed by atoms with Gasteiger partial charge < -0.3 is 10.0 Å². The molecule has 0 aliphatic carbocycles. The van der Waals surface area contributed by atoms with Crippen LogP contribution in [0.1, 0.15) is 53.4 Å². The standard InChI is InChI=1S/C12H23NO3/c1-5-8-12(9-6-2,11(15)16)13(7-3)10(4)14/h5-9H2,1-4H3,(H,15,16). The molecule has 0 radical (unpaired) electrons. The van der Waals surface area contributed by atoms with E-state index in [0.29, 0.717) is 19.4 Å². The van der Waals surface area contributed by atoms with Crippen LogP contribution in [0, 0.1) is 0 Å². The van der Waals surface area contributed by atoms with Gasteiger partial charge in [0, 0.05) is 13.5 Å². The van der Waals surface area contributed by atoms with Gasteiger partial charge >= 0.3 is 5.97 Å². The molecule has 1 N–H and O–H groups in total. The lowest BCUT2D eigenvalue weighted by molar-refractivity contribution is -0.159. The van der Waals surface area contributed by atoms with E-state index < -0.39 is 11.5 Å². The van der Waals surface area contributed by atoms with Gasteiger partial charge in [-0.2, -0.15) is 0 Å². The van der Waals surface area contributed by atoms with E-state index in [1.807, 2.05) is 20.8 Å². The topological polar surface area (TPSA) is 57.6 Å². The van der Waals surface area contributed by atoms with E-state index in [2.05, 4.69) is 0 Å². The second-order valence-electron chi connectivity index (χ2n) is 4.10. The molecule has 1 amide bonds. The zero-order chi connectivity index (χ0) is 12.8. The van der Waals surface area contributed by atoms with Crippen molar-refractivity contribution in [2.45, 2.75) is 58.9 Å². The van der Waals surface area contributed by atoms with Crippen LogP contribution in [0.4, 0.5) is 0 Å². The van der Waals surface area contributed by atoms with Gasteiger partial charge in [0.2, 0.25) is 5.91 Å². The van der Waals surface area contributed by atoms with Crippen molar-refractivity contribution < 1.29 is 14.7 Å².